The molecule has 44 heavy (non-hydrogen) atoms. The van der Waals surface area contributed by atoms with Crippen LogP contribution < -0.4 is 0 Å². The minimum Gasteiger partial charge on any atom is -0.208 e. The van der Waals surface area contributed by atoms with Crippen molar-refractivity contribution in [1.29, 1.82) is 0 Å². The number of nitrogens with zero attached hydrogens (tertiary/aromatic N) is 3. The molecule has 0 saturated heterocycles. The van der Waals surface area contributed by atoms with Gasteiger partial charge in [0.1, 0.15) is 0 Å². The average molecular weight is 582 g/mol. The Hall–Kier alpha value is -4.89. The Kier molecular flexibility index (Phi) is 15.5. The van der Waals surface area contributed by atoms with E-state index in [-0.39, 0.29) is 0 Å². The predicted molar refractivity (Wildman–Crippen MR) is 193 cm³/mol. The largest absolute Gasteiger partial charge is 0.208 e. The van der Waals surface area contributed by atoms with Gasteiger partial charge in [-0.2, -0.15) is 0 Å². The molecular weight excluding hydrogens is 534 g/mol. The molecule has 0 spiro atoms. The van der Waals surface area contributed by atoms with Crippen molar-refractivity contribution in [2.75, 3.05) is 0 Å². The minimum atomic E-state index is 0.619. The fraction of sp³-hybridized carbons (Fsp3) is 0.195. The number of rotatable bonds is 7. The van der Waals surface area contributed by atoms with Gasteiger partial charge in [0.15, 0.2) is 17.5 Å². The van der Waals surface area contributed by atoms with Crippen molar-refractivity contribution in [2.24, 2.45) is 0 Å². The molecule has 4 aromatic carbocycles. The molecule has 0 unspecified atom stereocenters. The molecule has 0 amide bonds. The highest BCUT2D eigenvalue weighted by Gasteiger charge is 2.14. The third kappa shape index (κ3) is 10.1. The number of hydrogen-bond acceptors (Lipinski definition) is 3. The molecule has 3 nitrogen and oxygen atoms in total. The summed E-state index contributed by atoms with van der Waals surface area (Å²) in [5, 5.41) is 0. The second-order valence-electron chi connectivity index (χ2n) is 9.53. The smallest absolute Gasteiger partial charge is 0.164 e. The van der Waals surface area contributed by atoms with Crippen LogP contribution in [-0.2, 0) is 0 Å². The van der Waals surface area contributed by atoms with Crippen molar-refractivity contribution >= 4 is 5.57 Å². The Morgan fingerprint density at radius 1 is 0.591 bits per heavy atom. The Morgan fingerprint density at radius 2 is 1.05 bits per heavy atom. The van der Waals surface area contributed by atoms with Gasteiger partial charge in [0.05, 0.1) is 0 Å². The first-order valence-corrected chi connectivity index (χ1v) is 15.6. The zero-order valence-corrected chi connectivity index (χ0v) is 27.5. The summed E-state index contributed by atoms with van der Waals surface area (Å²) in [7, 11) is 0. The lowest BCUT2D eigenvalue weighted by molar-refractivity contribution is 1.07. The molecule has 5 aromatic rings. The molecule has 0 aliphatic rings. The van der Waals surface area contributed by atoms with Gasteiger partial charge in [-0.1, -0.05) is 170 Å². The van der Waals surface area contributed by atoms with Crippen LogP contribution in [0.4, 0.5) is 0 Å². The van der Waals surface area contributed by atoms with E-state index in [9.17, 15) is 0 Å². The highest BCUT2D eigenvalue weighted by Crippen LogP contribution is 2.29. The molecule has 1 heterocycles. The van der Waals surface area contributed by atoms with Crippen LogP contribution in [-0.4, -0.2) is 15.0 Å². The summed E-state index contributed by atoms with van der Waals surface area (Å²) < 4.78 is 0. The van der Waals surface area contributed by atoms with Crippen molar-refractivity contribution in [3.05, 3.63) is 146 Å². The first kappa shape index (κ1) is 35.3. The van der Waals surface area contributed by atoms with E-state index in [0.29, 0.717) is 17.5 Å². The van der Waals surface area contributed by atoms with Gasteiger partial charge in [-0.25, -0.2) is 15.0 Å². The van der Waals surface area contributed by atoms with Crippen LogP contribution in [0.1, 0.15) is 59.1 Å². The van der Waals surface area contributed by atoms with Gasteiger partial charge in [-0.05, 0) is 47.4 Å². The number of benzene rings is 4. The Bertz CT molecular complexity index is 1630. The highest BCUT2D eigenvalue weighted by molar-refractivity contribution is 5.77. The van der Waals surface area contributed by atoms with Crippen LogP contribution in [0.3, 0.4) is 0 Å². The summed E-state index contributed by atoms with van der Waals surface area (Å²) in [6.07, 6.45) is 6.81. The summed E-state index contributed by atoms with van der Waals surface area (Å²) in [5.41, 5.74) is 8.11. The van der Waals surface area contributed by atoms with Gasteiger partial charge in [0, 0.05) is 16.7 Å². The molecule has 5 rings (SSSR count). The third-order valence-electron chi connectivity index (χ3n) is 6.06. The summed E-state index contributed by atoms with van der Waals surface area (Å²) in [5.74, 6) is 1.90. The number of aryl methyl sites for hydroxylation is 1. The maximum Gasteiger partial charge on any atom is 0.164 e. The van der Waals surface area contributed by atoms with Gasteiger partial charge in [-0.3, -0.25) is 0 Å². The maximum absolute atomic E-state index is 4.93. The quantitative estimate of drug-likeness (QED) is 0.179. The van der Waals surface area contributed by atoms with E-state index in [1.807, 2.05) is 101 Å². The van der Waals surface area contributed by atoms with Crippen LogP contribution in [0.25, 0.3) is 50.9 Å². The molecule has 0 atom stereocenters. The normalized spacial score (nSPS) is 9.89. The van der Waals surface area contributed by atoms with Crippen LogP contribution in [0, 0.1) is 6.92 Å². The topological polar surface area (TPSA) is 38.7 Å². The molecule has 1 aromatic heterocycles. The molecule has 3 heteroatoms. The molecule has 0 saturated carbocycles. The van der Waals surface area contributed by atoms with Gasteiger partial charge < -0.3 is 0 Å². The fourth-order valence-electron chi connectivity index (χ4n) is 4.15. The van der Waals surface area contributed by atoms with Crippen molar-refractivity contribution in [3.8, 4) is 45.3 Å². The zero-order chi connectivity index (χ0) is 32.3. The molecule has 226 valence electrons. The number of allylic oxidation sites excluding steroid dienone is 4. The predicted octanol–water partition coefficient (Wildman–Crippen LogP) is 12.1. The van der Waals surface area contributed by atoms with Gasteiger partial charge in [0.2, 0.25) is 0 Å². The molecule has 0 aliphatic carbocycles. The average Bonchev–Trinajstić information content (AvgIpc) is 3.09. The molecule has 0 radical (unpaired) electrons. The van der Waals surface area contributed by atoms with E-state index >= 15 is 0 Å². The Labute approximate surface area is 265 Å². The number of hydrogen-bond donors (Lipinski definition) is 0. The van der Waals surface area contributed by atoms with Crippen LogP contribution in [0.2, 0.25) is 0 Å². The second-order valence-corrected chi connectivity index (χ2v) is 9.53. The Morgan fingerprint density at radius 3 is 1.59 bits per heavy atom. The summed E-state index contributed by atoms with van der Waals surface area (Å²) in [4.78, 5) is 14.7. The fourth-order valence-corrected chi connectivity index (χ4v) is 4.15. The zero-order valence-electron chi connectivity index (χ0n) is 27.5. The number of aromatic nitrogens is 3. The molecule has 0 bridgehead atoms. The summed E-state index contributed by atoms with van der Waals surface area (Å²) >= 11 is 0. The van der Waals surface area contributed by atoms with Crippen molar-refractivity contribution < 1.29 is 0 Å². The van der Waals surface area contributed by atoms with E-state index < -0.39 is 0 Å². The van der Waals surface area contributed by atoms with Gasteiger partial charge in [0.25, 0.3) is 0 Å². The van der Waals surface area contributed by atoms with E-state index in [2.05, 4.69) is 76.4 Å². The van der Waals surface area contributed by atoms with Crippen LogP contribution in [0.15, 0.2) is 135 Å². The van der Waals surface area contributed by atoms with Crippen LogP contribution in [0.5, 0.6) is 0 Å². The second kappa shape index (κ2) is 19.3. The van der Waals surface area contributed by atoms with Crippen molar-refractivity contribution in [3.63, 3.8) is 0 Å². The molecule has 0 N–H and O–H groups in total. The first-order valence-electron chi connectivity index (χ1n) is 15.6. The molecule has 0 fully saturated rings. The molecular formula is C41H47N3. The highest BCUT2D eigenvalue weighted by atomic mass is 15.0. The third-order valence-corrected chi connectivity index (χ3v) is 6.06. The summed E-state index contributed by atoms with van der Waals surface area (Å²) in [6.45, 7) is 22.3. The van der Waals surface area contributed by atoms with E-state index in [4.69, 9.17) is 15.0 Å². The Balaban J connectivity index is 0.000000893. The van der Waals surface area contributed by atoms with Gasteiger partial charge >= 0.3 is 0 Å². The van der Waals surface area contributed by atoms with Gasteiger partial charge in [-0.15, -0.1) is 0 Å². The lowest BCUT2D eigenvalue weighted by Gasteiger charge is -2.11. The first-order chi connectivity index (χ1) is 21.5. The molecule has 0 aliphatic heterocycles. The minimum absolute atomic E-state index is 0.619. The van der Waals surface area contributed by atoms with E-state index in [1.165, 1.54) is 6.42 Å². The monoisotopic (exact) mass is 581 g/mol. The summed E-state index contributed by atoms with van der Waals surface area (Å²) in [6, 6.07) is 35.0. The van der Waals surface area contributed by atoms with Crippen LogP contribution >= 0.6 is 0 Å². The van der Waals surface area contributed by atoms with Crippen molar-refractivity contribution in [1.82, 2.24) is 15.0 Å². The lowest BCUT2D eigenvalue weighted by atomic mass is 10.0. The van der Waals surface area contributed by atoms with E-state index in [1.54, 1.807) is 6.08 Å². The SMILES string of the molecule is C=C/C=C\C(=C)c1cccc(-c2nc(-c3cccc(C)c3)nc(-c3cccc(-c4ccccc4)c3)n2)c1.CC.CC.CCC. The standard InChI is InChI=1S/C34H27N3.C3H8.2C2H6/c1-4-5-13-25(3)27-16-10-19-30(22-27)33-35-32(29-18-9-12-24(2)21-29)36-34(37-33)31-20-11-17-28(23-31)26-14-7-6-8-15-26;1-3-2;2*1-2/h4-23H,1,3H2,2H3;3H2,1-2H3;2*1-2H3/b13-5-;;;. The maximum atomic E-state index is 4.93. The lowest BCUT2D eigenvalue weighted by Crippen LogP contribution is -2.00. The van der Waals surface area contributed by atoms with Crippen molar-refractivity contribution in [2.45, 2.75) is 54.9 Å². The van der Waals surface area contributed by atoms with E-state index in [0.717, 1.165) is 44.5 Å².